The molecule has 0 rings (SSSR count). The van der Waals surface area contributed by atoms with Crippen LogP contribution in [0, 0.1) is 11.3 Å². The summed E-state index contributed by atoms with van der Waals surface area (Å²) in [5.74, 6) is -5.78. The minimum absolute atomic E-state index is 0.0804. The molecule has 0 aromatic heterocycles. The van der Waals surface area contributed by atoms with E-state index in [1.54, 1.807) is 6.92 Å². The van der Waals surface area contributed by atoms with E-state index in [-0.39, 0.29) is 25.0 Å². The second-order valence-electron chi connectivity index (χ2n) is 5.38. The third kappa shape index (κ3) is 3.81. The van der Waals surface area contributed by atoms with Crippen molar-refractivity contribution in [2.75, 3.05) is 0 Å². The molecule has 1 atom stereocenters. The lowest BCUT2D eigenvalue weighted by atomic mass is 9.63. The fraction of sp³-hybridized carbons (Fsp3) is 0.625. The van der Waals surface area contributed by atoms with Gasteiger partial charge in [0.2, 0.25) is 0 Å². The van der Waals surface area contributed by atoms with Crippen molar-refractivity contribution in [1.29, 1.82) is 0 Å². The zero-order valence-electron chi connectivity index (χ0n) is 13.6. The molecule has 0 spiro atoms. The number of rotatable bonds is 10. The second kappa shape index (κ2) is 7.87. The topological polar surface area (TPSA) is 102 Å². The lowest BCUT2D eigenvalue weighted by Crippen LogP contribution is -2.54. The first kappa shape index (κ1) is 20.0. The predicted molar refractivity (Wildman–Crippen MR) is 78.2 cm³/mol. The van der Waals surface area contributed by atoms with Gasteiger partial charge in [0.05, 0.1) is 0 Å². The number of carbonyl (C=O) groups is 6. The summed E-state index contributed by atoms with van der Waals surface area (Å²) in [6.45, 7) is 5.75. The average Bonchev–Trinajstić information content (AvgIpc) is 2.39. The van der Waals surface area contributed by atoms with E-state index in [0.717, 1.165) is 27.7 Å². The van der Waals surface area contributed by atoms with Gasteiger partial charge in [-0.25, -0.2) is 0 Å². The highest BCUT2D eigenvalue weighted by Crippen LogP contribution is 2.34. The molecule has 0 aromatic rings. The van der Waals surface area contributed by atoms with E-state index in [2.05, 4.69) is 0 Å². The van der Waals surface area contributed by atoms with Crippen molar-refractivity contribution < 1.29 is 28.8 Å². The molecular weight excluding hydrogens is 288 g/mol. The van der Waals surface area contributed by atoms with Crippen molar-refractivity contribution in [2.45, 2.75) is 53.9 Å². The van der Waals surface area contributed by atoms with E-state index in [0.29, 0.717) is 0 Å². The summed E-state index contributed by atoms with van der Waals surface area (Å²) in [5.41, 5.74) is -2.28. The summed E-state index contributed by atoms with van der Waals surface area (Å²) in [7, 11) is 0. The molecule has 0 aliphatic heterocycles. The first-order chi connectivity index (χ1) is 10.0. The van der Waals surface area contributed by atoms with Crippen molar-refractivity contribution in [3.63, 3.8) is 0 Å². The Labute approximate surface area is 129 Å². The molecule has 0 heterocycles. The summed E-state index contributed by atoms with van der Waals surface area (Å²) < 4.78 is 0. The van der Waals surface area contributed by atoms with Gasteiger partial charge in [0.15, 0.2) is 22.8 Å². The Hall–Kier alpha value is -1.98. The first-order valence-corrected chi connectivity index (χ1v) is 7.11. The molecule has 122 valence electrons. The monoisotopic (exact) mass is 310 g/mol. The van der Waals surface area contributed by atoms with Crippen molar-refractivity contribution in [3.8, 4) is 0 Å². The van der Waals surface area contributed by atoms with Crippen LogP contribution in [0.1, 0.15) is 53.9 Å². The van der Waals surface area contributed by atoms with Crippen LogP contribution < -0.4 is 0 Å². The molecule has 0 fully saturated rings. The Bertz CT molecular complexity index is 493. The van der Waals surface area contributed by atoms with Crippen molar-refractivity contribution in [3.05, 3.63) is 0 Å². The van der Waals surface area contributed by atoms with Crippen molar-refractivity contribution in [2.24, 2.45) is 11.3 Å². The van der Waals surface area contributed by atoms with Gasteiger partial charge in [0.25, 0.3) is 0 Å². The number of ketones is 6. The minimum Gasteiger partial charge on any atom is -0.300 e. The predicted octanol–water partition coefficient (Wildman–Crippen LogP) is 1.27. The molecule has 1 unspecified atom stereocenters. The highest BCUT2D eigenvalue weighted by Gasteiger charge is 2.56. The average molecular weight is 310 g/mol. The maximum Gasteiger partial charge on any atom is 0.161 e. The Morgan fingerprint density at radius 2 is 1.18 bits per heavy atom. The van der Waals surface area contributed by atoms with Gasteiger partial charge in [-0.05, 0) is 27.7 Å². The molecule has 6 heteroatoms. The molecule has 22 heavy (non-hydrogen) atoms. The molecule has 0 bridgehead atoms. The molecule has 0 N–H and O–H groups in total. The van der Waals surface area contributed by atoms with E-state index >= 15 is 0 Å². The van der Waals surface area contributed by atoms with Gasteiger partial charge in [0, 0.05) is 19.3 Å². The fourth-order valence-corrected chi connectivity index (χ4v) is 2.71. The zero-order chi connectivity index (χ0) is 17.7. The molecule has 0 saturated heterocycles. The van der Waals surface area contributed by atoms with Gasteiger partial charge in [-0.3, -0.25) is 28.8 Å². The van der Waals surface area contributed by atoms with Crippen LogP contribution in [0.2, 0.25) is 0 Å². The van der Waals surface area contributed by atoms with Gasteiger partial charge in [-0.15, -0.1) is 0 Å². The first-order valence-electron chi connectivity index (χ1n) is 7.11. The lowest BCUT2D eigenvalue weighted by Gasteiger charge is -2.32. The standard InChI is InChI=1S/C16H22O6/c1-6-13(21)7-8-14(22)15(9(2)17)16(10(3)18,11(4)19)12(5)20/h15H,6-8H2,1-5H3. The molecule has 0 saturated carbocycles. The van der Waals surface area contributed by atoms with Crippen molar-refractivity contribution in [1.82, 2.24) is 0 Å². The fourth-order valence-electron chi connectivity index (χ4n) is 2.71. The number of carbonyl (C=O) groups excluding carboxylic acids is 6. The zero-order valence-corrected chi connectivity index (χ0v) is 13.6. The van der Waals surface area contributed by atoms with E-state index in [1.807, 2.05) is 0 Å². The van der Waals surface area contributed by atoms with Crippen LogP contribution in [0.3, 0.4) is 0 Å². The van der Waals surface area contributed by atoms with Gasteiger partial charge in [0.1, 0.15) is 23.3 Å². The number of hydrogen-bond donors (Lipinski definition) is 0. The molecule has 0 radical (unpaired) electrons. The van der Waals surface area contributed by atoms with Gasteiger partial charge in [-0.2, -0.15) is 0 Å². The molecule has 0 aliphatic rings. The molecule has 0 amide bonds. The number of hydrogen-bond acceptors (Lipinski definition) is 6. The van der Waals surface area contributed by atoms with Crippen LogP contribution in [-0.2, 0) is 28.8 Å². The van der Waals surface area contributed by atoms with Crippen LogP contribution in [-0.4, -0.2) is 34.7 Å². The lowest BCUT2D eigenvalue weighted by molar-refractivity contribution is -0.158. The van der Waals surface area contributed by atoms with Crippen LogP contribution in [0.25, 0.3) is 0 Å². The Morgan fingerprint density at radius 3 is 1.45 bits per heavy atom. The van der Waals surface area contributed by atoms with E-state index in [9.17, 15) is 28.8 Å². The SMILES string of the molecule is CCC(=O)CCC(=O)C(C(C)=O)C(C(C)=O)(C(C)=O)C(C)=O. The van der Waals surface area contributed by atoms with Gasteiger partial charge in [-0.1, -0.05) is 6.92 Å². The summed E-state index contributed by atoms with van der Waals surface area (Å²) in [4.78, 5) is 71.5. The number of Topliss-reactive ketones (excluding diaryl/α,β-unsaturated/α-hetero) is 6. The van der Waals surface area contributed by atoms with Gasteiger partial charge >= 0.3 is 0 Å². The van der Waals surface area contributed by atoms with Crippen LogP contribution in [0.4, 0.5) is 0 Å². The summed E-state index contributed by atoms with van der Waals surface area (Å²) in [6, 6.07) is 0. The summed E-state index contributed by atoms with van der Waals surface area (Å²) in [6.07, 6.45) is -0.106. The second-order valence-corrected chi connectivity index (χ2v) is 5.38. The summed E-state index contributed by atoms with van der Waals surface area (Å²) >= 11 is 0. The highest BCUT2D eigenvalue weighted by atomic mass is 16.2. The van der Waals surface area contributed by atoms with E-state index in [1.165, 1.54) is 0 Å². The Morgan fingerprint density at radius 1 is 0.773 bits per heavy atom. The summed E-state index contributed by atoms with van der Waals surface area (Å²) in [5, 5.41) is 0. The molecule has 0 aromatic carbocycles. The molecular formula is C16H22O6. The smallest absolute Gasteiger partial charge is 0.161 e. The van der Waals surface area contributed by atoms with Crippen LogP contribution in [0.5, 0.6) is 0 Å². The van der Waals surface area contributed by atoms with Crippen LogP contribution in [0.15, 0.2) is 0 Å². The Balaban J connectivity index is 5.88. The Kier molecular flexibility index (Phi) is 7.16. The van der Waals surface area contributed by atoms with Gasteiger partial charge < -0.3 is 0 Å². The van der Waals surface area contributed by atoms with E-state index < -0.39 is 40.2 Å². The highest BCUT2D eigenvalue weighted by molar-refractivity contribution is 6.29. The molecule has 6 nitrogen and oxygen atoms in total. The minimum atomic E-state index is -2.28. The molecule has 0 aliphatic carbocycles. The maximum atomic E-state index is 12.3. The van der Waals surface area contributed by atoms with E-state index in [4.69, 9.17) is 0 Å². The largest absolute Gasteiger partial charge is 0.300 e. The third-order valence-corrected chi connectivity index (χ3v) is 3.87. The maximum absolute atomic E-state index is 12.3. The third-order valence-electron chi connectivity index (χ3n) is 3.87. The quantitative estimate of drug-likeness (QED) is 0.563. The van der Waals surface area contributed by atoms with Crippen molar-refractivity contribution >= 4 is 34.7 Å². The normalized spacial score (nSPS) is 12.4. The van der Waals surface area contributed by atoms with Crippen LogP contribution >= 0.6 is 0 Å².